The smallest absolute Gasteiger partial charge is 0.175 e. The Morgan fingerprint density at radius 1 is 1.31 bits per heavy atom. The van der Waals surface area contributed by atoms with Crippen molar-refractivity contribution in [2.24, 2.45) is 0 Å². The zero-order chi connectivity index (χ0) is 10.1. The molecule has 13 heavy (non-hydrogen) atoms. The minimum Gasteiger partial charge on any atom is -0.224 e. The van der Waals surface area contributed by atoms with E-state index in [4.69, 9.17) is 0 Å². The lowest BCUT2D eigenvalue weighted by molar-refractivity contribution is 0.595. The predicted octanol–water partition coefficient (Wildman–Crippen LogP) is 1.79. The van der Waals surface area contributed by atoms with Gasteiger partial charge in [0.1, 0.15) is 5.82 Å². The second kappa shape index (κ2) is 3.46. The van der Waals surface area contributed by atoms with Crippen LogP contribution in [0.3, 0.4) is 0 Å². The molecule has 0 heterocycles. The van der Waals surface area contributed by atoms with Crippen molar-refractivity contribution in [1.82, 2.24) is 0 Å². The fourth-order valence-corrected chi connectivity index (χ4v) is 1.73. The normalized spacial score (nSPS) is 11.6. The third-order valence-electron chi connectivity index (χ3n) is 1.77. The highest BCUT2D eigenvalue weighted by Gasteiger charge is 2.09. The lowest BCUT2D eigenvalue weighted by atomic mass is 10.2. The number of halogens is 1. The van der Waals surface area contributed by atoms with E-state index < -0.39 is 15.7 Å². The summed E-state index contributed by atoms with van der Waals surface area (Å²) in [4.78, 5) is 0.0457. The molecule has 0 N–H and O–H groups in total. The zero-order valence-electron chi connectivity index (χ0n) is 7.54. The number of hydrogen-bond acceptors (Lipinski definition) is 2. The van der Waals surface area contributed by atoms with Crippen LogP contribution in [-0.2, 0) is 16.3 Å². The first-order valence-corrected chi connectivity index (χ1v) is 5.82. The summed E-state index contributed by atoms with van der Waals surface area (Å²) in [5.74, 6) is -0.500. The Morgan fingerprint density at radius 2 is 1.92 bits per heavy atom. The monoisotopic (exact) mass is 202 g/mol. The Kier molecular flexibility index (Phi) is 2.71. The van der Waals surface area contributed by atoms with Crippen molar-refractivity contribution >= 4 is 9.84 Å². The van der Waals surface area contributed by atoms with Gasteiger partial charge in [0.05, 0.1) is 4.90 Å². The van der Waals surface area contributed by atoms with Gasteiger partial charge in [0.15, 0.2) is 9.84 Å². The summed E-state index contributed by atoms with van der Waals surface area (Å²) in [6, 6.07) is 3.88. The first-order valence-electron chi connectivity index (χ1n) is 3.93. The van der Waals surface area contributed by atoms with E-state index in [9.17, 15) is 12.8 Å². The summed E-state index contributed by atoms with van der Waals surface area (Å²) in [7, 11) is -3.30. The maximum absolute atomic E-state index is 12.9. The van der Waals surface area contributed by atoms with Gasteiger partial charge in [-0.25, -0.2) is 12.8 Å². The van der Waals surface area contributed by atoms with Crippen LogP contribution in [0.1, 0.15) is 12.5 Å². The van der Waals surface area contributed by atoms with E-state index in [1.54, 1.807) is 0 Å². The van der Waals surface area contributed by atoms with Crippen LogP contribution in [0.4, 0.5) is 4.39 Å². The molecule has 1 rings (SSSR count). The molecule has 0 aromatic heterocycles. The molecule has 0 amide bonds. The number of sulfone groups is 1. The molecule has 0 spiro atoms. The maximum atomic E-state index is 12.9. The van der Waals surface area contributed by atoms with Crippen LogP contribution in [0, 0.1) is 5.82 Å². The molecule has 72 valence electrons. The molecule has 0 saturated carbocycles. The number of hydrogen-bond donors (Lipinski definition) is 0. The molecular formula is C9H11FO2S. The Bertz CT molecular complexity index is 410. The summed E-state index contributed by atoms with van der Waals surface area (Å²) in [6.07, 6.45) is 1.70. The third-order valence-corrected chi connectivity index (χ3v) is 2.86. The highest BCUT2D eigenvalue weighted by molar-refractivity contribution is 7.90. The predicted molar refractivity (Wildman–Crippen MR) is 48.9 cm³/mol. The van der Waals surface area contributed by atoms with Crippen LogP contribution < -0.4 is 0 Å². The topological polar surface area (TPSA) is 34.1 Å². The largest absolute Gasteiger partial charge is 0.224 e. The van der Waals surface area contributed by atoms with Gasteiger partial charge >= 0.3 is 0 Å². The van der Waals surface area contributed by atoms with Crippen LogP contribution in [0.15, 0.2) is 23.1 Å². The van der Waals surface area contributed by atoms with E-state index in [1.807, 2.05) is 6.92 Å². The Balaban J connectivity index is 3.33. The molecule has 0 aliphatic heterocycles. The van der Waals surface area contributed by atoms with Crippen molar-refractivity contribution in [3.05, 3.63) is 29.6 Å². The van der Waals surface area contributed by atoms with Gasteiger partial charge in [0.25, 0.3) is 0 Å². The van der Waals surface area contributed by atoms with Gasteiger partial charge in [0.2, 0.25) is 0 Å². The van der Waals surface area contributed by atoms with Gasteiger partial charge in [-0.1, -0.05) is 6.92 Å². The first kappa shape index (κ1) is 10.2. The second-order valence-corrected chi connectivity index (χ2v) is 4.94. The number of benzene rings is 1. The highest BCUT2D eigenvalue weighted by Crippen LogP contribution is 2.14. The second-order valence-electron chi connectivity index (χ2n) is 2.92. The van der Waals surface area contributed by atoms with Crippen molar-refractivity contribution in [2.45, 2.75) is 18.2 Å². The van der Waals surface area contributed by atoms with E-state index in [-0.39, 0.29) is 4.90 Å². The molecule has 0 aliphatic rings. The minimum absolute atomic E-state index is 0.0457. The van der Waals surface area contributed by atoms with Crippen molar-refractivity contribution in [2.75, 3.05) is 6.26 Å². The molecule has 0 saturated heterocycles. The molecule has 0 bridgehead atoms. The van der Waals surface area contributed by atoms with E-state index in [2.05, 4.69) is 0 Å². The Labute approximate surface area is 77.3 Å². The van der Waals surface area contributed by atoms with Gasteiger partial charge in [-0.15, -0.1) is 0 Å². The van der Waals surface area contributed by atoms with E-state index in [0.717, 1.165) is 12.3 Å². The number of rotatable bonds is 2. The molecule has 0 fully saturated rings. The molecule has 1 aromatic carbocycles. The molecule has 2 nitrogen and oxygen atoms in total. The van der Waals surface area contributed by atoms with E-state index in [0.29, 0.717) is 12.0 Å². The Hall–Kier alpha value is -0.900. The first-order chi connectivity index (χ1) is 5.93. The summed E-state index contributed by atoms with van der Waals surface area (Å²) < 4.78 is 35.1. The van der Waals surface area contributed by atoms with Crippen molar-refractivity contribution in [3.8, 4) is 0 Å². The fraction of sp³-hybridized carbons (Fsp3) is 0.333. The van der Waals surface area contributed by atoms with Crippen molar-refractivity contribution < 1.29 is 12.8 Å². The minimum atomic E-state index is -3.30. The average molecular weight is 202 g/mol. The van der Waals surface area contributed by atoms with Crippen molar-refractivity contribution in [3.63, 3.8) is 0 Å². The van der Waals surface area contributed by atoms with Gasteiger partial charge in [-0.3, -0.25) is 0 Å². The van der Waals surface area contributed by atoms with E-state index >= 15 is 0 Å². The standard InChI is InChI=1S/C9H11FO2S/c1-3-7-4-8(10)6-9(5-7)13(2,11)12/h4-6H,3H2,1-2H3. The van der Waals surface area contributed by atoms with Gasteiger partial charge in [-0.2, -0.15) is 0 Å². The summed E-state index contributed by atoms with van der Waals surface area (Å²) in [6.45, 7) is 1.85. The molecule has 4 heteroatoms. The maximum Gasteiger partial charge on any atom is 0.175 e. The van der Waals surface area contributed by atoms with Crippen LogP contribution in [0.5, 0.6) is 0 Å². The average Bonchev–Trinajstić information content (AvgIpc) is 2.01. The fourth-order valence-electron chi connectivity index (χ4n) is 1.04. The van der Waals surface area contributed by atoms with Crippen LogP contribution in [-0.4, -0.2) is 14.7 Å². The summed E-state index contributed by atoms with van der Waals surface area (Å²) in [5.41, 5.74) is 0.695. The SMILES string of the molecule is CCc1cc(F)cc(S(C)(=O)=O)c1. The Morgan fingerprint density at radius 3 is 2.38 bits per heavy atom. The molecule has 1 aromatic rings. The number of aryl methyl sites for hydroxylation is 1. The van der Waals surface area contributed by atoms with Crippen LogP contribution >= 0.6 is 0 Å². The quantitative estimate of drug-likeness (QED) is 0.732. The van der Waals surface area contributed by atoms with Crippen molar-refractivity contribution in [1.29, 1.82) is 0 Å². The molecule has 0 unspecified atom stereocenters. The molecule has 0 aliphatic carbocycles. The third kappa shape index (κ3) is 2.52. The highest BCUT2D eigenvalue weighted by atomic mass is 32.2. The molecular weight excluding hydrogens is 191 g/mol. The van der Waals surface area contributed by atoms with Crippen LogP contribution in [0.25, 0.3) is 0 Å². The lowest BCUT2D eigenvalue weighted by Crippen LogP contribution is -1.99. The zero-order valence-corrected chi connectivity index (χ0v) is 8.36. The molecule has 0 atom stereocenters. The van der Waals surface area contributed by atoms with Gasteiger partial charge < -0.3 is 0 Å². The van der Waals surface area contributed by atoms with Crippen LogP contribution in [0.2, 0.25) is 0 Å². The van der Waals surface area contributed by atoms with E-state index in [1.165, 1.54) is 12.1 Å². The molecule has 0 radical (unpaired) electrons. The van der Waals surface area contributed by atoms with Gasteiger partial charge in [-0.05, 0) is 30.2 Å². The van der Waals surface area contributed by atoms with Gasteiger partial charge in [0, 0.05) is 6.26 Å². The lowest BCUT2D eigenvalue weighted by Gasteiger charge is -2.01. The summed E-state index contributed by atoms with van der Waals surface area (Å²) >= 11 is 0. The summed E-state index contributed by atoms with van der Waals surface area (Å²) in [5, 5.41) is 0.